The second-order valence-electron chi connectivity index (χ2n) is 6.53. The molecule has 30 heavy (non-hydrogen) atoms. The van der Waals surface area contributed by atoms with Gasteiger partial charge in [-0.15, -0.1) is 19.0 Å². The molecular formula is C22H25ClN4O3. The summed E-state index contributed by atoms with van der Waals surface area (Å²) in [5.41, 5.74) is 4.77. The maximum absolute atomic E-state index is 12.2. The fraction of sp³-hybridized carbons (Fsp3) is 0.227. The Morgan fingerprint density at radius 3 is 2.73 bits per heavy atom. The monoisotopic (exact) mass is 428 g/mol. The lowest BCUT2D eigenvalue weighted by molar-refractivity contribution is -0.116. The van der Waals surface area contributed by atoms with E-state index < -0.39 is 0 Å². The average molecular weight is 429 g/mol. The van der Waals surface area contributed by atoms with Crippen molar-refractivity contribution in [3.05, 3.63) is 71.5 Å². The molecule has 0 aliphatic rings. The Bertz CT molecular complexity index is 1050. The smallest absolute Gasteiger partial charge is 0.272 e. The molecule has 0 radical (unpaired) electrons. The number of nitrogens with one attached hydrogen (secondary N) is 3. The Labute approximate surface area is 180 Å². The minimum Gasteiger partial charge on any atom is -0.326 e. The summed E-state index contributed by atoms with van der Waals surface area (Å²) in [4.78, 5) is 29.3. The van der Waals surface area contributed by atoms with Gasteiger partial charge in [0, 0.05) is 29.6 Å². The quantitative estimate of drug-likeness (QED) is 0.259. The first-order valence-corrected chi connectivity index (χ1v) is 9.52. The van der Waals surface area contributed by atoms with Crippen LogP contribution in [-0.2, 0) is 9.63 Å². The van der Waals surface area contributed by atoms with Gasteiger partial charge in [-0.05, 0) is 31.0 Å². The number of unbranched alkanes of at least 4 members (excludes halogenated alkanes) is 1. The largest absolute Gasteiger partial charge is 0.326 e. The van der Waals surface area contributed by atoms with E-state index >= 15 is 0 Å². The summed E-state index contributed by atoms with van der Waals surface area (Å²) in [6, 6.07) is 14.8. The summed E-state index contributed by atoms with van der Waals surface area (Å²) in [6.07, 6.45) is 3.67. The van der Waals surface area contributed by atoms with Gasteiger partial charge in [0.25, 0.3) is 5.56 Å². The van der Waals surface area contributed by atoms with Crippen LogP contribution in [0.3, 0.4) is 0 Å². The van der Waals surface area contributed by atoms with E-state index in [0.717, 1.165) is 23.8 Å². The van der Waals surface area contributed by atoms with Crippen LogP contribution in [-0.4, -0.2) is 29.3 Å². The van der Waals surface area contributed by atoms with E-state index in [2.05, 4.69) is 27.6 Å². The van der Waals surface area contributed by atoms with E-state index in [1.165, 1.54) is 0 Å². The molecule has 0 aliphatic heterocycles. The molecule has 158 valence electrons. The number of aromatic nitrogens is 2. The van der Waals surface area contributed by atoms with Gasteiger partial charge in [0.15, 0.2) is 0 Å². The van der Waals surface area contributed by atoms with Gasteiger partial charge in [-0.1, -0.05) is 36.4 Å². The Balaban J connectivity index is 0.00000320. The van der Waals surface area contributed by atoms with Crippen molar-refractivity contribution < 1.29 is 9.63 Å². The van der Waals surface area contributed by atoms with Gasteiger partial charge in [0.05, 0.1) is 17.7 Å². The summed E-state index contributed by atoms with van der Waals surface area (Å²) >= 11 is 0. The molecular weight excluding hydrogens is 404 g/mol. The normalized spacial score (nSPS) is 10.4. The highest BCUT2D eigenvalue weighted by atomic mass is 35.5. The van der Waals surface area contributed by atoms with Crippen LogP contribution in [0.2, 0.25) is 0 Å². The van der Waals surface area contributed by atoms with Crippen molar-refractivity contribution >= 4 is 34.8 Å². The van der Waals surface area contributed by atoms with E-state index in [0.29, 0.717) is 36.3 Å². The molecule has 0 saturated carbocycles. The number of anilines is 1. The second kappa shape index (κ2) is 11.9. The van der Waals surface area contributed by atoms with Crippen LogP contribution in [0.5, 0.6) is 0 Å². The molecule has 3 aromatic rings. The van der Waals surface area contributed by atoms with Gasteiger partial charge in [-0.2, -0.15) is 5.10 Å². The van der Waals surface area contributed by atoms with Gasteiger partial charge < -0.3 is 5.32 Å². The molecule has 2 aromatic carbocycles. The summed E-state index contributed by atoms with van der Waals surface area (Å²) in [7, 11) is 0. The SMILES string of the molecule is C=CCONCCCCC(=O)Nc1cccc(-c2n[nH]c(=O)c3ccccc23)c1.Cl. The highest BCUT2D eigenvalue weighted by molar-refractivity contribution is 5.95. The third-order valence-corrected chi connectivity index (χ3v) is 4.35. The van der Waals surface area contributed by atoms with Crippen molar-refractivity contribution in [2.75, 3.05) is 18.5 Å². The van der Waals surface area contributed by atoms with Gasteiger partial charge in [0.1, 0.15) is 0 Å². The molecule has 0 atom stereocenters. The molecule has 1 aromatic heterocycles. The van der Waals surface area contributed by atoms with Crippen LogP contribution in [0.4, 0.5) is 5.69 Å². The first kappa shape index (κ1) is 23.3. The number of hydrogen-bond acceptors (Lipinski definition) is 5. The predicted molar refractivity (Wildman–Crippen MR) is 122 cm³/mol. The number of fused-ring (bicyclic) bond motifs is 1. The Morgan fingerprint density at radius 1 is 1.13 bits per heavy atom. The van der Waals surface area contributed by atoms with Gasteiger partial charge in [0.2, 0.25) is 5.91 Å². The maximum atomic E-state index is 12.2. The third kappa shape index (κ3) is 6.25. The van der Waals surface area contributed by atoms with Crippen LogP contribution >= 0.6 is 12.4 Å². The van der Waals surface area contributed by atoms with Crippen LogP contribution in [0.1, 0.15) is 19.3 Å². The number of hydrogen-bond donors (Lipinski definition) is 3. The fourth-order valence-corrected chi connectivity index (χ4v) is 2.98. The number of benzene rings is 2. The van der Waals surface area contributed by atoms with Crippen molar-refractivity contribution in [1.82, 2.24) is 15.7 Å². The summed E-state index contributed by atoms with van der Waals surface area (Å²) in [6.45, 7) is 4.70. The molecule has 0 unspecified atom stereocenters. The summed E-state index contributed by atoms with van der Waals surface area (Å²) < 4.78 is 0. The number of H-pyrrole nitrogens is 1. The van der Waals surface area contributed by atoms with E-state index in [1.54, 1.807) is 12.1 Å². The molecule has 0 bridgehead atoms. The first-order valence-electron chi connectivity index (χ1n) is 9.52. The molecule has 1 amide bonds. The van der Waals surface area contributed by atoms with Crippen molar-refractivity contribution in [1.29, 1.82) is 0 Å². The van der Waals surface area contributed by atoms with E-state index in [-0.39, 0.29) is 23.9 Å². The average Bonchev–Trinajstić information content (AvgIpc) is 2.74. The molecule has 0 saturated heterocycles. The Kier molecular flexibility index (Phi) is 9.21. The Hall–Kier alpha value is -3.00. The summed E-state index contributed by atoms with van der Waals surface area (Å²) in [5, 5.41) is 11.0. The first-order chi connectivity index (χ1) is 14.2. The third-order valence-electron chi connectivity index (χ3n) is 4.35. The van der Waals surface area contributed by atoms with E-state index in [1.807, 2.05) is 42.5 Å². The molecule has 0 aliphatic carbocycles. The molecule has 0 spiro atoms. The van der Waals surface area contributed by atoms with Crippen LogP contribution in [0.25, 0.3) is 22.0 Å². The van der Waals surface area contributed by atoms with Crippen molar-refractivity contribution in [3.8, 4) is 11.3 Å². The van der Waals surface area contributed by atoms with E-state index in [4.69, 9.17) is 4.84 Å². The van der Waals surface area contributed by atoms with Gasteiger partial charge >= 0.3 is 0 Å². The van der Waals surface area contributed by atoms with Crippen LogP contribution in [0.15, 0.2) is 66.0 Å². The lowest BCUT2D eigenvalue weighted by atomic mass is 10.0. The standard InChI is InChI=1S/C22H24N4O3.ClH/c1-2-14-29-23-13-6-5-12-20(27)24-17-9-7-8-16(15-17)21-18-10-3-4-11-19(18)22(28)26-25-21;/h2-4,7-11,15,23H,1,5-6,12-14H2,(H,24,27)(H,26,28);1H. The number of carbonyl (C=O) groups is 1. The number of carbonyl (C=O) groups excluding carboxylic acids is 1. The zero-order valence-corrected chi connectivity index (χ0v) is 17.3. The highest BCUT2D eigenvalue weighted by Crippen LogP contribution is 2.26. The molecule has 0 fully saturated rings. The number of aromatic amines is 1. The van der Waals surface area contributed by atoms with Crippen molar-refractivity contribution in [2.45, 2.75) is 19.3 Å². The number of amides is 1. The lowest BCUT2D eigenvalue weighted by Gasteiger charge is -2.09. The van der Waals surface area contributed by atoms with Gasteiger partial charge in [-0.25, -0.2) is 10.6 Å². The molecule has 3 N–H and O–H groups in total. The lowest BCUT2D eigenvalue weighted by Crippen LogP contribution is -2.17. The Morgan fingerprint density at radius 2 is 1.93 bits per heavy atom. The minimum atomic E-state index is -0.224. The molecule has 3 rings (SSSR count). The zero-order valence-electron chi connectivity index (χ0n) is 16.5. The number of halogens is 1. The highest BCUT2D eigenvalue weighted by Gasteiger charge is 2.10. The zero-order chi connectivity index (χ0) is 20.5. The number of rotatable bonds is 10. The second-order valence-corrected chi connectivity index (χ2v) is 6.53. The maximum Gasteiger partial charge on any atom is 0.272 e. The van der Waals surface area contributed by atoms with Gasteiger partial charge in [-0.3, -0.25) is 14.4 Å². The molecule has 1 heterocycles. The number of nitrogens with zero attached hydrogens (tertiary/aromatic N) is 1. The van der Waals surface area contributed by atoms with Crippen LogP contribution in [0, 0.1) is 0 Å². The van der Waals surface area contributed by atoms with Crippen molar-refractivity contribution in [2.24, 2.45) is 0 Å². The predicted octanol–water partition coefficient (Wildman–Crippen LogP) is 3.83. The van der Waals surface area contributed by atoms with E-state index in [9.17, 15) is 9.59 Å². The fourth-order valence-electron chi connectivity index (χ4n) is 2.98. The molecule has 7 nitrogen and oxygen atoms in total. The summed E-state index contributed by atoms with van der Waals surface area (Å²) in [5.74, 6) is -0.0477. The number of hydroxylamine groups is 1. The minimum absolute atomic E-state index is 0. The van der Waals surface area contributed by atoms with Crippen LogP contribution < -0.4 is 16.4 Å². The topological polar surface area (TPSA) is 96.1 Å². The molecule has 8 heteroatoms. The van der Waals surface area contributed by atoms with Crippen molar-refractivity contribution in [3.63, 3.8) is 0 Å².